The van der Waals surface area contributed by atoms with E-state index in [1.54, 1.807) is 6.92 Å². The lowest BCUT2D eigenvalue weighted by atomic mass is 10.2. The van der Waals surface area contributed by atoms with Crippen molar-refractivity contribution in [2.45, 2.75) is 24.1 Å². The number of aryl methyl sites for hydroxylation is 1. The maximum atomic E-state index is 12.0. The van der Waals surface area contributed by atoms with E-state index in [1.807, 2.05) is 0 Å². The van der Waals surface area contributed by atoms with Crippen LogP contribution >= 0.6 is 0 Å². The molecule has 1 aromatic carbocycles. The Morgan fingerprint density at radius 1 is 1.24 bits per heavy atom. The first-order valence-electron chi connectivity index (χ1n) is 4.67. The largest absolute Gasteiger partial charge is 0.415 e. The lowest BCUT2D eigenvalue weighted by Gasteiger charge is -2.14. The van der Waals surface area contributed by atoms with Crippen LogP contribution in [0.3, 0.4) is 0 Å². The molecule has 1 rings (SSSR count). The third-order valence-electron chi connectivity index (χ3n) is 2.14. The van der Waals surface area contributed by atoms with Crippen molar-refractivity contribution in [3.8, 4) is 0 Å². The van der Waals surface area contributed by atoms with E-state index >= 15 is 0 Å². The molecule has 0 saturated carbocycles. The van der Waals surface area contributed by atoms with Gasteiger partial charge in [0.05, 0.1) is 10.6 Å². The Labute approximate surface area is 96.8 Å². The topological polar surface area (TPSA) is 54.4 Å². The lowest BCUT2D eigenvalue weighted by Crippen LogP contribution is -2.35. The molecule has 7 heteroatoms. The second kappa shape index (κ2) is 4.66. The summed E-state index contributed by atoms with van der Waals surface area (Å²) in [6.45, 7) is 1.72. The number of hydrogen-bond donors (Lipinski definition) is 1. The zero-order valence-corrected chi connectivity index (χ0v) is 9.72. The molecule has 3 nitrogen and oxygen atoms in total. The van der Waals surface area contributed by atoms with Gasteiger partial charge in [0.25, 0.3) is 0 Å². The summed E-state index contributed by atoms with van der Waals surface area (Å²) in [6, 6.07) is 5.39. The molecule has 17 heavy (non-hydrogen) atoms. The summed E-state index contributed by atoms with van der Waals surface area (Å²) in [4.78, 5) is -0.230. The van der Waals surface area contributed by atoms with Gasteiger partial charge in [-0.25, -0.2) is 8.42 Å². The first kappa shape index (κ1) is 14.0. The fourth-order valence-electron chi connectivity index (χ4n) is 1.14. The minimum absolute atomic E-state index is 0.230. The average Bonchev–Trinajstić information content (AvgIpc) is 2.16. The van der Waals surface area contributed by atoms with E-state index in [0.717, 1.165) is 5.56 Å². The molecule has 0 amide bonds. The Balaban J connectivity index is 2.94. The number of alkyl halides is 3. The molecule has 0 spiro atoms. The smallest absolute Gasteiger partial charge is 0.383 e. The van der Waals surface area contributed by atoms with Crippen LogP contribution in [-0.2, 0) is 9.84 Å². The molecule has 0 aliphatic rings. The summed E-state index contributed by atoms with van der Waals surface area (Å²) < 4.78 is 59.2. The van der Waals surface area contributed by atoms with E-state index in [9.17, 15) is 21.6 Å². The van der Waals surface area contributed by atoms with E-state index in [4.69, 9.17) is 5.11 Å². The van der Waals surface area contributed by atoms with Crippen LogP contribution in [0.4, 0.5) is 13.2 Å². The number of rotatable bonds is 3. The minimum Gasteiger partial charge on any atom is -0.383 e. The number of hydrogen-bond acceptors (Lipinski definition) is 3. The molecule has 0 fully saturated rings. The fourth-order valence-corrected chi connectivity index (χ4v) is 2.49. The van der Waals surface area contributed by atoms with E-state index < -0.39 is 27.9 Å². The summed E-state index contributed by atoms with van der Waals surface area (Å²) >= 11 is 0. The Morgan fingerprint density at radius 3 is 2.12 bits per heavy atom. The highest BCUT2D eigenvalue weighted by atomic mass is 32.2. The summed E-state index contributed by atoms with van der Waals surface area (Å²) in [5.41, 5.74) is 0.792. The summed E-state index contributed by atoms with van der Waals surface area (Å²) in [7, 11) is -4.13. The summed E-state index contributed by atoms with van der Waals surface area (Å²) in [6.07, 6.45) is -7.80. The highest BCUT2D eigenvalue weighted by Crippen LogP contribution is 2.23. The van der Waals surface area contributed by atoms with Crippen LogP contribution in [0.2, 0.25) is 0 Å². The van der Waals surface area contributed by atoms with Gasteiger partial charge in [-0.05, 0) is 19.1 Å². The van der Waals surface area contributed by atoms with Crippen LogP contribution in [0.25, 0.3) is 0 Å². The van der Waals surface area contributed by atoms with Gasteiger partial charge in [-0.15, -0.1) is 0 Å². The standard InChI is InChI=1S/C10H11F3O3S/c1-7-2-4-8(5-3-7)17(15,16)6-9(14)10(11,12)13/h2-5,9,14H,6H2,1H3/t9-/m0/s1. The van der Waals surface area contributed by atoms with Gasteiger partial charge in [0, 0.05) is 0 Å². The molecule has 96 valence electrons. The summed E-state index contributed by atoms with van der Waals surface area (Å²) in [5, 5.41) is 8.73. The maximum absolute atomic E-state index is 12.0. The van der Waals surface area contributed by atoms with Crippen molar-refractivity contribution in [3.05, 3.63) is 29.8 Å². The second-order valence-corrected chi connectivity index (χ2v) is 5.69. The number of halogens is 3. The van der Waals surface area contributed by atoms with Gasteiger partial charge in [0.15, 0.2) is 15.9 Å². The molecule has 1 aromatic rings. The first-order valence-corrected chi connectivity index (χ1v) is 6.32. The van der Waals surface area contributed by atoms with E-state index in [2.05, 4.69) is 0 Å². The van der Waals surface area contributed by atoms with E-state index in [1.165, 1.54) is 24.3 Å². The molecule has 1 N–H and O–H groups in total. The number of benzene rings is 1. The average molecular weight is 268 g/mol. The first-order chi connectivity index (χ1) is 7.63. The van der Waals surface area contributed by atoms with Gasteiger partial charge in [-0.2, -0.15) is 13.2 Å². The lowest BCUT2D eigenvalue weighted by molar-refractivity contribution is -0.196. The van der Waals surface area contributed by atoms with Crippen LogP contribution in [0.15, 0.2) is 29.2 Å². The molecule has 0 saturated heterocycles. The third kappa shape index (κ3) is 3.71. The van der Waals surface area contributed by atoms with Crippen LogP contribution in [0.1, 0.15) is 5.56 Å². The molecular formula is C10H11F3O3S. The number of sulfone groups is 1. The molecular weight excluding hydrogens is 257 g/mol. The van der Waals surface area contributed by atoms with Crippen molar-refractivity contribution in [2.75, 3.05) is 5.75 Å². The van der Waals surface area contributed by atoms with Crippen LogP contribution < -0.4 is 0 Å². The highest BCUT2D eigenvalue weighted by molar-refractivity contribution is 7.91. The van der Waals surface area contributed by atoms with E-state index in [-0.39, 0.29) is 4.90 Å². The highest BCUT2D eigenvalue weighted by Gasteiger charge is 2.41. The zero-order valence-electron chi connectivity index (χ0n) is 8.90. The van der Waals surface area contributed by atoms with Gasteiger partial charge in [0.1, 0.15) is 0 Å². The van der Waals surface area contributed by atoms with Crippen molar-refractivity contribution in [1.82, 2.24) is 0 Å². The number of aliphatic hydroxyl groups is 1. The van der Waals surface area contributed by atoms with Crippen molar-refractivity contribution >= 4 is 9.84 Å². The van der Waals surface area contributed by atoms with Gasteiger partial charge in [0.2, 0.25) is 0 Å². The Kier molecular flexibility index (Phi) is 3.83. The molecule has 0 aliphatic carbocycles. The molecule has 0 unspecified atom stereocenters. The monoisotopic (exact) mass is 268 g/mol. The molecule has 0 radical (unpaired) electrons. The van der Waals surface area contributed by atoms with Crippen LogP contribution in [-0.4, -0.2) is 31.6 Å². The van der Waals surface area contributed by atoms with Gasteiger partial charge in [-0.1, -0.05) is 17.7 Å². The SMILES string of the molecule is Cc1ccc(S(=O)(=O)C[C@H](O)C(F)(F)F)cc1. The Morgan fingerprint density at radius 2 is 1.71 bits per heavy atom. The number of aliphatic hydroxyl groups excluding tert-OH is 1. The van der Waals surface area contributed by atoms with Crippen molar-refractivity contribution < 1.29 is 26.7 Å². The van der Waals surface area contributed by atoms with Crippen molar-refractivity contribution in [2.24, 2.45) is 0 Å². The van der Waals surface area contributed by atoms with Crippen molar-refractivity contribution in [1.29, 1.82) is 0 Å². The van der Waals surface area contributed by atoms with Crippen LogP contribution in [0, 0.1) is 6.92 Å². The normalized spacial score (nSPS) is 14.6. The zero-order chi connectivity index (χ0) is 13.3. The van der Waals surface area contributed by atoms with Gasteiger partial charge in [-0.3, -0.25) is 0 Å². The minimum atomic E-state index is -4.93. The maximum Gasteiger partial charge on any atom is 0.415 e. The quantitative estimate of drug-likeness (QED) is 0.907. The molecule has 0 aromatic heterocycles. The summed E-state index contributed by atoms with van der Waals surface area (Å²) in [5.74, 6) is -1.36. The molecule has 0 bridgehead atoms. The Hall–Kier alpha value is -1.08. The predicted molar refractivity (Wildman–Crippen MR) is 55.3 cm³/mol. The van der Waals surface area contributed by atoms with Gasteiger partial charge < -0.3 is 5.11 Å². The van der Waals surface area contributed by atoms with Crippen molar-refractivity contribution in [3.63, 3.8) is 0 Å². The second-order valence-electron chi connectivity index (χ2n) is 3.65. The van der Waals surface area contributed by atoms with Gasteiger partial charge >= 0.3 is 6.18 Å². The third-order valence-corrected chi connectivity index (χ3v) is 3.88. The molecule has 0 aliphatic heterocycles. The fraction of sp³-hybridized carbons (Fsp3) is 0.400. The van der Waals surface area contributed by atoms with E-state index in [0.29, 0.717) is 0 Å². The Bertz CT molecular complexity index is 477. The van der Waals surface area contributed by atoms with Crippen LogP contribution in [0.5, 0.6) is 0 Å². The predicted octanol–water partition coefficient (Wildman–Crippen LogP) is 1.69. The molecule has 1 atom stereocenters. The molecule has 0 heterocycles.